The third kappa shape index (κ3) is 4.69. The number of amides is 2. The van der Waals surface area contributed by atoms with Crippen molar-refractivity contribution in [3.8, 4) is 5.69 Å². The fourth-order valence-electron chi connectivity index (χ4n) is 4.97. The largest absolute Gasteiger partial charge is 0.354 e. The molecule has 5 rings (SSSR count). The van der Waals surface area contributed by atoms with Crippen molar-refractivity contribution in [2.24, 2.45) is 11.8 Å². The first-order valence-electron chi connectivity index (χ1n) is 11.5. The van der Waals surface area contributed by atoms with Crippen LogP contribution in [0.2, 0.25) is 0 Å². The highest BCUT2D eigenvalue weighted by molar-refractivity contribution is 5.88. The number of anilines is 1. The second kappa shape index (κ2) is 9.40. The molecule has 170 valence electrons. The van der Waals surface area contributed by atoms with Gasteiger partial charge in [0.15, 0.2) is 0 Å². The highest BCUT2D eigenvalue weighted by atomic mass is 16.2. The molecule has 1 aromatic heterocycles. The predicted octanol–water partition coefficient (Wildman–Crippen LogP) is 0.363. The van der Waals surface area contributed by atoms with Gasteiger partial charge in [-0.1, -0.05) is 12.1 Å². The third-order valence-corrected chi connectivity index (χ3v) is 6.84. The number of piperazine rings is 1. The Morgan fingerprint density at radius 3 is 2.44 bits per heavy atom. The maximum atomic E-state index is 12.5. The Balaban J connectivity index is 1.17. The van der Waals surface area contributed by atoms with Crippen LogP contribution in [0.3, 0.4) is 0 Å². The molecule has 9 nitrogen and oxygen atoms in total. The number of hydrogen-bond acceptors (Lipinski definition) is 6. The molecule has 32 heavy (non-hydrogen) atoms. The first-order valence-corrected chi connectivity index (χ1v) is 11.5. The maximum Gasteiger partial charge on any atom is 0.354 e. The van der Waals surface area contributed by atoms with Crippen molar-refractivity contribution in [1.29, 1.82) is 0 Å². The van der Waals surface area contributed by atoms with Crippen LogP contribution in [0.4, 0.5) is 10.6 Å². The quantitative estimate of drug-likeness (QED) is 0.626. The van der Waals surface area contributed by atoms with E-state index < -0.39 is 5.69 Å². The summed E-state index contributed by atoms with van der Waals surface area (Å²) in [6, 6.07) is 9.52. The van der Waals surface area contributed by atoms with E-state index in [-0.39, 0.29) is 11.8 Å². The second-order valence-electron chi connectivity index (χ2n) is 8.99. The summed E-state index contributed by atoms with van der Waals surface area (Å²) in [6.45, 7) is 8.65. The Morgan fingerprint density at radius 2 is 1.75 bits per heavy atom. The van der Waals surface area contributed by atoms with Gasteiger partial charge in [-0.05, 0) is 55.1 Å². The Morgan fingerprint density at radius 1 is 1.03 bits per heavy atom. The van der Waals surface area contributed by atoms with Crippen molar-refractivity contribution in [3.63, 3.8) is 0 Å². The number of hydrogen-bond donors (Lipinski definition) is 3. The van der Waals surface area contributed by atoms with Gasteiger partial charge in [0.1, 0.15) is 5.82 Å². The molecule has 3 saturated heterocycles. The molecular weight excluding hydrogens is 406 g/mol. The first kappa shape index (κ1) is 21.1. The van der Waals surface area contributed by atoms with E-state index in [2.05, 4.69) is 38.0 Å². The van der Waals surface area contributed by atoms with E-state index in [0.29, 0.717) is 13.1 Å². The van der Waals surface area contributed by atoms with Gasteiger partial charge >= 0.3 is 11.7 Å². The lowest BCUT2D eigenvalue weighted by atomic mass is 10.0. The second-order valence-corrected chi connectivity index (χ2v) is 8.99. The Hall–Kier alpha value is -2.75. The van der Waals surface area contributed by atoms with Gasteiger partial charge in [-0.3, -0.25) is 9.88 Å². The van der Waals surface area contributed by atoms with Gasteiger partial charge in [0, 0.05) is 52.0 Å². The molecule has 2 atom stereocenters. The summed E-state index contributed by atoms with van der Waals surface area (Å²) in [7, 11) is 0. The fourth-order valence-corrected chi connectivity index (χ4v) is 4.97. The lowest BCUT2D eigenvalue weighted by Crippen LogP contribution is -2.48. The zero-order valence-corrected chi connectivity index (χ0v) is 18.3. The van der Waals surface area contributed by atoms with E-state index in [1.165, 1.54) is 23.2 Å². The zero-order valence-electron chi connectivity index (χ0n) is 18.3. The molecule has 3 aliphatic rings. The summed E-state index contributed by atoms with van der Waals surface area (Å²) >= 11 is 0. The normalized spacial score (nSPS) is 23.3. The molecule has 2 amide bonds. The standard InChI is InChI=1S/C23H31N7O2/c31-22(29-11-7-24-8-12-29)26-21-6-10-30(23(32)27-21)20-3-1-17(2-4-20)5-9-28-15-18-13-25-14-19(18)16-28/h1-4,6,10,18-19,24-25H,5,7-9,11-16H2,(H,26,27,31,32)/t18-,19+. The molecule has 2 aromatic rings. The number of benzene rings is 1. The van der Waals surface area contributed by atoms with Crippen LogP contribution in [0.5, 0.6) is 0 Å². The molecule has 0 bridgehead atoms. The number of nitrogens with zero attached hydrogens (tertiary/aromatic N) is 4. The van der Waals surface area contributed by atoms with Gasteiger partial charge in [0.2, 0.25) is 0 Å². The smallest absolute Gasteiger partial charge is 0.322 e. The molecule has 3 fully saturated rings. The van der Waals surface area contributed by atoms with E-state index in [1.807, 2.05) is 12.1 Å². The van der Waals surface area contributed by atoms with E-state index in [9.17, 15) is 9.59 Å². The minimum absolute atomic E-state index is 0.224. The van der Waals surface area contributed by atoms with Crippen LogP contribution in [0.1, 0.15) is 5.56 Å². The molecular formula is C23H31N7O2. The molecule has 9 heteroatoms. The molecule has 0 saturated carbocycles. The SMILES string of the molecule is O=C(Nc1ccn(-c2ccc(CCN3C[C@H]4CNC[C@H]4C3)cc2)c(=O)n1)N1CCNCC1. The minimum atomic E-state index is -0.409. The number of nitrogens with one attached hydrogen (secondary N) is 3. The molecule has 0 spiro atoms. The summed E-state index contributed by atoms with van der Waals surface area (Å²) in [5, 5.41) is 9.42. The number of likely N-dealkylation sites (tertiary alicyclic amines) is 1. The lowest BCUT2D eigenvalue weighted by Gasteiger charge is -2.27. The molecule has 3 N–H and O–H groups in total. The Bertz CT molecular complexity index is 988. The van der Waals surface area contributed by atoms with E-state index in [0.717, 1.165) is 56.7 Å². The summed E-state index contributed by atoms with van der Waals surface area (Å²) in [5.41, 5.74) is 1.63. The van der Waals surface area contributed by atoms with Crippen molar-refractivity contribution < 1.29 is 4.79 Å². The van der Waals surface area contributed by atoms with E-state index in [4.69, 9.17) is 0 Å². The fraction of sp³-hybridized carbons (Fsp3) is 0.522. The predicted molar refractivity (Wildman–Crippen MR) is 123 cm³/mol. The van der Waals surface area contributed by atoms with Crippen LogP contribution in [0.25, 0.3) is 5.69 Å². The molecule has 0 unspecified atom stereocenters. The van der Waals surface area contributed by atoms with Crippen LogP contribution in [0, 0.1) is 11.8 Å². The van der Waals surface area contributed by atoms with Crippen molar-refractivity contribution in [2.75, 3.05) is 64.2 Å². The number of carbonyl (C=O) groups excluding carboxylic acids is 1. The van der Waals surface area contributed by atoms with Crippen LogP contribution in [-0.2, 0) is 6.42 Å². The third-order valence-electron chi connectivity index (χ3n) is 6.84. The maximum absolute atomic E-state index is 12.5. The van der Waals surface area contributed by atoms with Crippen LogP contribution >= 0.6 is 0 Å². The average molecular weight is 438 g/mol. The number of rotatable bonds is 5. The van der Waals surface area contributed by atoms with Crippen LogP contribution in [0.15, 0.2) is 41.3 Å². The van der Waals surface area contributed by atoms with Crippen LogP contribution in [-0.4, -0.2) is 84.3 Å². The summed E-state index contributed by atoms with van der Waals surface area (Å²) in [6.07, 6.45) is 2.67. The highest BCUT2D eigenvalue weighted by Gasteiger charge is 2.35. The van der Waals surface area contributed by atoms with Gasteiger partial charge in [-0.25, -0.2) is 9.59 Å². The topological polar surface area (TPSA) is 94.5 Å². The van der Waals surface area contributed by atoms with Gasteiger partial charge in [0.05, 0.1) is 5.69 Å². The Labute approximate surface area is 187 Å². The first-order chi connectivity index (χ1) is 15.7. The van der Waals surface area contributed by atoms with E-state index in [1.54, 1.807) is 17.2 Å². The molecule has 1 aromatic carbocycles. The number of aromatic nitrogens is 2. The van der Waals surface area contributed by atoms with Crippen molar-refractivity contribution in [3.05, 3.63) is 52.6 Å². The molecule has 0 aliphatic carbocycles. The summed E-state index contributed by atoms with van der Waals surface area (Å²) in [5.74, 6) is 1.92. The van der Waals surface area contributed by atoms with Gasteiger partial charge in [0.25, 0.3) is 0 Å². The average Bonchev–Trinajstić information content (AvgIpc) is 3.41. The van der Waals surface area contributed by atoms with Gasteiger partial charge < -0.3 is 20.4 Å². The van der Waals surface area contributed by atoms with Crippen molar-refractivity contribution in [2.45, 2.75) is 6.42 Å². The van der Waals surface area contributed by atoms with Crippen LogP contribution < -0.4 is 21.6 Å². The highest BCUT2D eigenvalue weighted by Crippen LogP contribution is 2.26. The zero-order chi connectivity index (χ0) is 21.9. The summed E-state index contributed by atoms with van der Waals surface area (Å²) < 4.78 is 1.50. The van der Waals surface area contributed by atoms with Crippen molar-refractivity contribution >= 4 is 11.8 Å². The number of carbonyl (C=O) groups is 1. The lowest BCUT2D eigenvalue weighted by molar-refractivity contribution is 0.204. The van der Waals surface area contributed by atoms with Gasteiger partial charge in [-0.2, -0.15) is 4.98 Å². The molecule has 0 radical (unpaired) electrons. The van der Waals surface area contributed by atoms with E-state index >= 15 is 0 Å². The number of urea groups is 1. The number of fused-ring (bicyclic) bond motifs is 1. The monoisotopic (exact) mass is 437 g/mol. The minimum Gasteiger partial charge on any atom is -0.322 e. The van der Waals surface area contributed by atoms with Gasteiger partial charge in [-0.15, -0.1) is 0 Å². The summed E-state index contributed by atoms with van der Waals surface area (Å²) in [4.78, 5) is 33.2. The molecule has 3 aliphatic heterocycles. The molecule has 4 heterocycles. The van der Waals surface area contributed by atoms with Crippen molar-refractivity contribution in [1.82, 2.24) is 30.0 Å². The Kier molecular flexibility index (Phi) is 6.20.